The molecule has 0 radical (unpaired) electrons. The van der Waals surface area contributed by atoms with Gasteiger partial charge in [0.2, 0.25) is 0 Å². The minimum absolute atomic E-state index is 0.0454. The largest absolute Gasteiger partial charge is 0.505 e. The van der Waals surface area contributed by atoms with Crippen molar-refractivity contribution in [2.45, 2.75) is 12.8 Å². The zero-order valence-corrected chi connectivity index (χ0v) is 8.26. The summed E-state index contributed by atoms with van der Waals surface area (Å²) in [6.07, 6.45) is 0.451. The third kappa shape index (κ3) is 2.36. The minimum Gasteiger partial charge on any atom is -0.505 e. The fourth-order valence-corrected chi connectivity index (χ4v) is 1.35. The zero-order valence-electron chi connectivity index (χ0n) is 8.26. The molecular weight excluding hydrogens is 206 g/mol. The van der Waals surface area contributed by atoms with Crippen molar-refractivity contribution in [1.82, 2.24) is 0 Å². The Hall–Kier alpha value is -1.36. The van der Waals surface area contributed by atoms with Crippen molar-refractivity contribution in [3.63, 3.8) is 0 Å². The summed E-state index contributed by atoms with van der Waals surface area (Å²) in [6.45, 7) is -0.124. The number of ether oxygens (including phenoxy) is 1. The van der Waals surface area contributed by atoms with Crippen LogP contribution in [0.4, 0.5) is 8.78 Å². The summed E-state index contributed by atoms with van der Waals surface area (Å²) >= 11 is 0. The van der Waals surface area contributed by atoms with Crippen molar-refractivity contribution < 1.29 is 23.7 Å². The lowest BCUT2D eigenvalue weighted by molar-refractivity contribution is 0.285. The van der Waals surface area contributed by atoms with Crippen LogP contribution in [-0.4, -0.2) is 23.9 Å². The zero-order chi connectivity index (χ0) is 11.4. The molecule has 0 aromatic heterocycles. The van der Waals surface area contributed by atoms with Crippen LogP contribution in [0.5, 0.6) is 11.5 Å². The van der Waals surface area contributed by atoms with Gasteiger partial charge in [0.1, 0.15) is 0 Å². The van der Waals surface area contributed by atoms with E-state index in [1.807, 2.05) is 0 Å². The van der Waals surface area contributed by atoms with Crippen LogP contribution in [0.2, 0.25) is 0 Å². The Kier molecular flexibility index (Phi) is 3.85. The molecule has 15 heavy (non-hydrogen) atoms. The third-order valence-corrected chi connectivity index (χ3v) is 2.05. The first kappa shape index (κ1) is 11.7. The Morgan fingerprint density at radius 1 is 1.33 bits per heavy atom. The summed E-state index contributed by atoms with van der Waals surface area (Å²) in [6, 6.07) is 0.566. The van der Waals surface area contributed by atoms with Gasteiger partial charge >= 0.3 is 0 Å². The molecule has 0 saturated heterocycles. The van der Waals surface area contributed by atoms with Gasteiger partial charge in [-0.1, -0.05) is 0 Å². The van der Waals surface area contributed by atoms with Gasteiger partial charge in [-0.05, 0) is 12.8 Å². The van der Waals surface area contributed by atoms with Crippen molar-refractivity contribution in [2.24, 2.45) is 0 Å². The number of aromatic hydroxyl groups is 1. The smallest absolute Gasteiger partial charge is 0.168 e. The number of methoxy groups -OCH3 is 1. The first-order valence-electron chi connectivity index (χ1n) is 4.46. The molecule has 0 atom stereocenters. The van der Waals surface area contributed by atoms with Gasteiger partial charge in [-0.25, -0.2) is 8.78 Å². The second kappa shape index (κ2) is 4.93. The average molecular weight is 218 g/mol. The van der Waals surface area contributed by atoms with Gasteiger partial charge < -0.3 is 14.9 Å². The molecule has 0 bridgehead atoms. The first-order valence-corrected chi connectivity index (χ1v) is 4.46. The lowest BCUT2D eigenvalue weighted by Crippen LogP contribution is -2.00. The molecule has 0 spiro atoms. The van der Waals surface area contributed by atoms with Gasteiger partial charge in [0.05, 0.1) is 7.11 Å². The number of rotatable bonds is 4. The molecular formula is C10H12F2O3. The molecule has 2 N–H and O–H groups in total. The summed E-state index contributed by atoms with van der Waals surface area (Å²) in [5, 5.41) is 18.0. The second-order valence-electron chi connectivity index (χ2n) is 3.03. The Bertz CT molecular complexity index is 353. The summed E-state index contributed by atoms with van der Waals surface area (Å²) < 4.78 is 30.9. The van der Waals surface area contributed by atoms with Gasteiger partial charge in [-0.2, -0.15) is 0 Å². The van der Waals surface area contributed by atoms with E-state index in [-0.39, 0.29) is 24.3 Å². The Morgan fingerprint density at radius 3 is 2.53 bits per heavy atom. The van der Waals surface area contributed by atoms with E-state index in [0.29, 0.717) is 12.5 Å². The number of aliphatic hydroxyl groups excluding tert-OH is 1. The van der Waals surface area contributed by atoms with Crippen molar-refractivity contribution in [2.75, 3.05) is 13.7 Å². The van der Waals surface area contributed by atoms with Crippen LogP contribution in [0.25, 0.3) is 0 Å². The molecule has 5 heteroatoms. The SMILES string of the molecule is COc1c(F)cc(F)c(O)c1CCCO. The molecule has 0 aliphatic heterocycles. The first-order chi connectivity index (χ1) is 7.11. The number of phenolic OH excluding ortho intramolecular Hbond substituents is 1. The molecule has 0 fully saturated rings. The summed E-state index contributed by atoms with van der Waals surface area (Å²) in [5.74, 6) is -2.69. The molecule has 84 valence electrons. The van der Waals surface area contributed by atoms with Crippen molar-refractivity contribution in [1.29, 1.82) is 0 Å². The summed E-state index contributed by atoms with van der Waals surface area (Å²) in [7, 11) is 1.23. The van der Waals surface area contributed by atoms with Crippen LogP contribution in [0.1, 0.15) is 12.0 Å². The van der Waals surface area contributed by atoms with E-state index < -0.39 is 17.4 Å². The lowest BCUT2D eigenvalue weighted by Gasteiger charge is -2.11. The standard InChI is InChI=1S/C10H12F2O3/c1-15-10-6(3-2-4-13)9(14)7(11)5-8(10)12/h5,13-14H,2-4H2,1H3. The van der Waals surface area contributed by atoms with Gasteiger partial charge in [-0.3, -0.25) is 0 Å². The van der Waals surface area contributed by atoms with E-state index in [1.54, 1.807) is 0 Å². The maximum absolute atomic E-state index is 13.2. The number of aliphatic hydroxyl groups is 1. The van der Waals surface area contributed by atoms with Gasteiger partial charge in [-0.15, -0.1) is 0 Å². The highest BCUT2D eigenvalue weighted by Crippen LogP contribution is 2.33. The van der Waals surface area contributed by atoms with Crippen LogP contribution < -0.4 is 4.74 Å². The number of hydrogen-bond acceptors (Lipinski definition) is 3. The maximum atomic E-state index is 13.2. The Labute approximate surface area is 85.9 Å². The molecule has 0 saturated carbocycles. The lowest BCUT2D eigenvalue weighted by atomic mass is 10.1. The molecule has 1 aromatic carbocycles. The Morgan fingerprint density at radius 2 is 2.00 bits per heavy atom. The topological polar surface area (TPSA) is 49.7 Å². The van der Waals surface area contributed by atoms with Crippen LogP contribution in [0.15, 0.2) is 6.07 Å². The molecule has 3 nitrogen and oxygen atoms in total. The monoisotopic (exact) mass is 218 g/mol. The minimum atomic E-state index is -1.03. The molecule has 0 heterocycles. The highest BCUT2D eigenvalue weighted by atomic mass is 19.1. The van der Waals surface area contributed by atoms with E-state index in [1.165, 1.54) is 7.11 Å². The number of benzene rings is 1. The van der Waals surface area contributed by atoms with E-state index in [4.69, 9.17) is 9.84 Å². The molecule has 1 aromatic rings. The van der Waals surface area contributed by atoms with Gasteiger partial charge in [0.15, 0.2) is 23.1 Å². The average Bonchev–Trinajstić information content (AvgIpc) is 2.21. The fraction of sp³-hybridized carbons (Fsp3) is 0.400. The van der Waals surface area contributed by atoms with E-state index in [2.05, 4.69) is 0 Å². The van der Waals surface area contributed by atoms with Crippen molar-refractivity contribution in [3.8, 4) is 11.5 Å². The Balaban J connectivity index is 3.18. The molecule has 1 rings (SSSR count). The molecule has 0 unspecified atom stereocenters. The fourth-order valence-electron chi connectivity index (χ4n) is 1.35. The number of halogens is 2. The van der Waals surface area contributed by atoms with Crippen LogP contribution in [0, 0.1) is 11.6 Å². The van der Waals surface area contributed by atoms with Crippen molar-refractivity contribution in [3.05, 3.63) is 23.3 Å². The summed E-state index contributed by atoms with van der Waals surface area (Å²) in [4.78, 5) is 0. The van der Waals surface area contributed by atoms with Crippen molar-refractivity contribution >= 4 is 0 Å². The summed E-state index contributed by atoms with van der Waals surface area (Å²) in [5.41, 5.74) is 0.0454. The van der Waals surface area contributed by atoms with E-state index in [0.717, 1.165) is 0 Å². The predicted octanol–water partition coefficient (Wildman–Crippen LogP) is 1.60. The molecule has 0 aliphatic carbocycles. The molecule has 0 amide bonds. The third-order valence-electron chi connectivity index (χ3n) is 2.05. The highest BCUT2D eigenvalue weighted by Gasteiger charge is 2.18. The number of hydrogen-bond donors (Lipinski definition) is 2. The van der Waals surface area contributed by atoms with E-state index in [9.17, 15) is 13.9 Å². The van der Waals surface area contributed by atoms with E-state index >= 15 is 0 Å². The predicted molar refractivity (Wildman–Crippen MR) is 50.0 cm³/mol. The van der Waals surface area contributed by atoms with Gasteiger partial charge in [0, 0.05) is 18.2 Å². The maximum Gasteiger partial charge on any atom is 0.168 e. The highest BCUT2D eigenvalue weighted by molar-refractivity contribution is 5.46. The normalized spacial score (nSPS) is 10.4. The van der Waals surface area contributed by atoms with Crippen LogP contribution in [-0.2, 0) is 6.42 Å². The van der Waals surface area contributed by atoms with Gasteiger partial charge in [0.25, 0.3) is 0 Å². The quantitative estimate of drug-likeness (QED) is 0.807. The second-order valence-corrected chi connectivity index (χ2v) is 3.03. The molecule has 0 aliphatic rings. The number of phenols is 1. The van der Waals surface area contributed by atoms with Crippen LogP contribution in [0.3, 0.4) is 0 Å². The van der Waals surface area contributed by atoms with Crippen LogP contribution >= 0.6 is 0 Å².